The molecule has 9 heteroatoms. The summed E-state index contributed by atoms with van der Waals surface area (Å²) < 4.78 is 56.2. The van der Waals surface area contributed by atoms with Gasteiger partial charge >= 0.3 is 12.5 Å². The van der Waals surface area contributed by atoms with Crippen LogP contribution < -0.4 is 0 Å². The highest BCUT2D eigenvalue weighted by atomic mass is 35.5. The van der Waals surface area contributed by atoms with Crippen LogP contribution >= 0.6 is 11.6 Å². The second-order valence-corrected chi connectivity index (χ2v) is 5.43. The number of ether oxygens (including phenoxy) is 1. The minimum absolute atomic E-state index is 0.155. The predicted molar refractivity (Wildman–Crippen MR) is 75.9 cm³/mol. The van der Waals surface area contributed by atoms with Gasteiger partial charge in [0.1, 0.15) is 12.7 Å². The van der Waals surface area contributed by atoms with E-state index in [0.717, 1.165) is 5.56 Å². The second kappa shape index (κ2) is 7.27. The summed E-state index contributed by atoms with van der Waals surface area (Å²) in [5.41, 5.74) is 1.40. The molecular formula is C14H14ClF4N3O. The zero-order valence-corrected chi connectivity index (χ0v) is 12.9. The van der Waals surface area contributed by atoms with E-state index in [1.54, 1.807) is 25.1 Å². The van der Waals surface area contributed by atoms with Crippen LogP contribution in [0.15, 0.2) is 30.9 Å². The lowest BCUT2D eigenvalue weighted by Gasteiger charge is -2.23. The number of aromatic nitrogens is 3. The summed E-state index contributed by atoms with van der Waals surface area (Å²) in [6.45, 7) is 1.31. The first-order valence-corrected chi connectivity index (χ1v) is 7.06. The van der Waals surface area contributed by atoms with Crippen molar-refractivity contribution < 1.29 is 22.3 Å². The SMILES string of the molecule is Cc1cc(Cl)ccc1C(COC(F)(F)C(F)F)Cn1cncn1. The molecule has 1 unspecified atom stereocenters. The fraction of sp³-hybridized carbons (Fsp3) is 0.429. The molecule has 0 N–H and O–H groups in total. The van der Waals surface area contributed by atoms with Crippen LogP contribution in [0.3, 0.4) is 0 Å². The molecule has 1 aromatic heterocycles. The third-order valence-electron chi connectivity index (χ3n) is 3.28. The molecule has 0 saturated carbocycles. The Hall–Kier alpha value is -1.67. The molecule has 126 valence electrons. The highest BCUT2D eigenvalue weighted by molar-refractivity contribution is 6.30. The highest BCUT2D eigenvalue weighted by Gasteiger charge is 2.42. The zero-order valence-electron chi connectivity index (χ0n) is 12.1. The minimum Gasteiger partial charge on any atom is -0.315 e. The lowest BCUT2D eigenvalue weighted by Crippen LogP contribution is -2.32. The maximum Gasteiger partial charge on any atom is 0.416 e. The van der Waals surface area contributed by atoms with E-state index in [1.165, 1.54) is 17.3 Å². The number of benzene rings is 1. The molecule has 2 aromatic rings. The number of hydrogen-bond acceptors (Lipinski definition) is 3. The Kier molecular flexibility index (Phi) is 5.59. The second-order valence-electron chi connectivity index (χ2n) is 4.99. The standard InChI is InChI=1S/C14H14ClF4N3O/c1-9-4-11(15)2-3-12(9)10(5-22-8-20-7-21-22)6-23-14(18,19)13(16)17/h2-4,7-8,10,13H,5-6H2,1H3. The Morgan fingerprint density at radius 3 is 2.65 bits per heavy atom. The van der Waals surface area contributed by atoms with Gasteiger partial charge in [0.05, 0.1) is 13.2 Å². The van der Waals surface area contributed by atoms with Crippen molar-refractivity contribution >= 4 is 11.6 Å². The van der Waals surface area contributed by atoms with Crippen molar-refractivity contribution in [2.24, 2.45) is 0 Å². The fourth-order valence-electron chi connectivity index (χ4n) is 2.17. The molecule has 0 fully saturated rings. The summed E-state index contributed by atoms with van der Waals surface area (Å²) in [5, 5.41) is 4.39. The van der Waals surface area contributed by atoms with Gasteiger partial charge in [-0.05, 0) is 30.2 Å². The van der Waals surface area contributed by atoms with Crippen molar-refractivity contribution in [2.75, 3.05) is 6.61 Å². The van der Waals surface area contributed by atoms with Crippen molar-refractivity contribution in [3.05, 3.63) is 47.0 Å². The molecule has 1 aromatic carbocycles. The van der Waals surface area contributed by atoms with Gasteiger partial charge in [0, 0.05) is 10.9 Å². The molecule has 1 atom stereocenters. The van der Waals surface area contributed by atoms with E-state index in [4.69, 9.17) is 11.6 Å². The Balaban J connectivity index is 2.21. The maximum absolute atomic E-state index is 13.0. The Labute approximate surface area is 135 Å². The molecule has 0 aliphatic carbocycles. The summed E-state index contributed by atoms with van der Waals surface area (Å²) in [5.74, 6) is -0.612. The van der Waals surface area contributed by atoms with E-state index in [0.29, 0.717) is 10.6 Å². The Morgan fingerprint density at radius 2 is 2.09 bits per heavy atom. The van der Waals surface area contributed by atoms with Crippen molar-refractivity contribution in [1.82, 2.24) is 14.8 Å². The molecule has 2 rings (SSSR count). The topological polar surface area (TPSA) is 39.9 Å². The van der Waals surface area contributed by atoms with Gasteiger partial charge in [-0.1, -0.05) is 17.7 Å². The van der Waals surface area contributed by atoms with Crippen LogP contribution in [0.1, 0.15) is 17.0 Å². The number of halogens is 5. The number of hydrogen-bond donors (Lipinski definition) is 0. The molecular weight excluding hydrogens is 338 g/mol. The quantitative estimate of drug-likeness (QED) is 0.710. The van der Waals surface area contributed by atoms with Crippen LogP contribution in [0.25, 0.3) is 0 Å². The largest absolute Gasteiger partial charge is 0.416 e. The van der Waals surface area contributed by atoms with Crippen LogP contribution in [0.4, 0.5) is 17.6 Å². The summed E-state index contributed by atoms with van der Waals surface area (Å²) in [6, 6.07) is 4.92. The number of alkyl halides is 4. The predicted octanol–water partition coefficient (Wildman–Crippen LogP) is 3.90. The minimum atomic E-state index is -4.50. The third-order valence-corrected chi connectivity index (χ3v) is 3.51. The summed E-state index contributed by atoms with van der Waals surface area (Å²) in [6.07, 6.45) is -5.69. The van der Waals surface area contributed by atoms with Crippen LogP contribution in [0.2, 0.25) is 5.02 Å². The van der Waals surface area contributed by atoms with Crippen molar-refractivity contribution in [3.63, 3.8) is 0 Å². The normalized spacial score (nSPS) is 13.5. The molecule has 0 bridgehead atoms. The van der Waals surface area contributed by atoms with Crippen LogP contribution in [0.5, 0.6) is 0 Å². The smallest absolute Gasteiger partial charge is 0.315 e. The van der Waals surface area contributed by atoms with Crippen molar-refractivity contribution in [1.29, 1.82) is 0 Å². The van der Waals surface area contributed by atoms with Gasteiger partial charge in [0.25, 0.3) is 0 Å². The molecule has 0 saturated heterocycles. The van der Waals surface area contributed by atoms with Crippen LogP contribution in [-0.2, 0) is 11.3 Å². The average Bonchev–Trinajstić information content (AvgIpc) is 2.96. The van der Waals surface area contributed by atoms with E-state index in [9.17, 15) is 17.6 Å². The highest BCUT2D eigenvalue weighted by Crippen LogP contribution is 2.29. The van der Waals surface area contributed by atoms with Gasteiger partial charge in [0.2, 0.25) is 0 Å². The van der Waals surface area contributed by atoms with E-state index in [2.05, 4.69) is 14.8 Å². The van der Waals surface area contributed by atoms with Gasteiger partial charge in [-0.25, -0.2) is 13.8 Å². The van der Waals surface area contributed by atoms with Gasteiger partial charge < -0.3 is 4.74 Å². The molecule has 23 heavy (non-hydrogen) atoms. The average molecular weight is 352 g/mol. The van der Waals surface area contributed by atoms with E-state index in [1.807, 2.05) is 0 Å². The van der Waals surface area contributed by atoms with Gasteiger partial charge in [-0.3, -0.25) is 4.68 Å². The number of nitrogens with zero attached hydrogens (tertiary/aromatic N) is 3. The molecule has 1 heterocycles. The first kappa shape index (κ1) is 17.7. The molecule has 0 spiro atoms. The third kappa shape index (κ3) is 4.65. The van der Waals surface area contributed by atoms with Gasteiger partial charge in [-0.15, -0.1) is 0 Å². The van der Waals surface area contributed by atoms with Crippen molar-refractivity contribution in [2.45, 2.75) is 31.9 Å². The number of aryl methyl sites for hydroxylation is 1. The van der Waals surface area contributed by atoms with Gasteiger partial charge in [0.15, 0.2) is 0 Å². The summed E-state index contributed by atoms with van der Waals surface area (Å²) in [7, 11) is 0. The monoisotopic (exact) mass is 351 g/mol. The molecule has 0 aliphatic rings. The first-order valence-electron chi connectivity index (χ1n) is 6.68. The Bertz CT molecular complexity index is 637. The lowest BCUT2D eigenvalue weighted by molar-refractivity contribution is -0.302. The molecule has 0 aliphatic heterocycles. The molecule has 4 nitrogen and oxygen atoms in total. The van der Waals surface area contributed by atoms with E-state index < -0.39 is 25.1 Å². The zero-order chi connectivity index (χ0) is 17.0. The lowest BCUT2D eigenvalue weighted by atomic mass is 9.95. The van der Waals surface area contributed by atoms with Crippen molar-refractivity contribution in [3.8, 4) is 0 Å². The first-order chi connectivity index (χ1) is 10.8. The maximum atomic E-state index is 13.0. The van der Waals surface area contributed by atoms with Crippen LogP contribution in [-0.4, -0.2) is 33.9 Å². The van der Waals surface area contributed by atoms with Gasteiger partial charge in [-0.2, -0.15) is 13.9 Å². The molecule has 0 amide bonds. The van der Waals surface area contributed by atoms with E-state index >= 15 is 0 Å². The van der Waals surface area contributed by atoms with Crippen LogP contribution in [0, 0.1) is 6.92 Å². The fourth-order valence-corrected chi connectivity index (χ4v) is 2.39. The number of rotatable bonds is 7. The summed E-state index contributed by atoms with van der Waals surface area (Å²) >= 11 is 5.88. The Morgan fingerprint density at radius 1 is 1.35 bits per heavy atom. The summed E-state index contributed by atoms with van der Waals surface area (Å²) in [4.78, 5) is 3.76. The van der Waals surface area contributed by atoms with E-state index in [-0.39, 0.29) is 6.54 Å². The molecule has 0 radical (unpaired) electrons.